The first-order chi connectivity index (χ1) is 14.0. The van der Waals surface area contributed by atoms with E-state index in [0.29, 0.717) is 36.9 Å². The van der Waals surface area contributed by atoms with E-state index >= 15 is 0 Å². The van der Waals surface area contributed by atoms with Gasteiger partial charge in [-0.3, -0.25) is 0 Å². The predicted molar refractivity (Wildman–Crippen MR) is 113 cm³/mol. The SMILES string of the molecule is CCOCCn1c(=NS(=O)(=O)c2ccc(OC)cc2)sc2cc(OCC)ccc21. The Balaban J connectivity index is 2.10. The Bertz CT molecular complexity index is 1130. The molecule has 7 nitrogen and oxygen atoms in total. The third-order valence-electron chi connectivity index (χ3n) is 4.18. The van der Waals surface area contributed by atoms with Crippen LogP contribution in [-0.4, -0.2) is 39.9 Å². The molecule has 9 heteroatoms. The molecule has 0 fully saturated rings. The predicted octanol–water partition coefficient (Wildman–Crippen LogP) is 3.44. The zero-order valence-corrected chi connectivity index (χ0v) is 18.3. The summed E-state index contributed by atoms with van der Waals surface area (Å²) in [6.45, 7) is 5.95. The summed E-state index contributed by atoms with van der Waals surface area (Å²) in [7, 11) is -2.34. The third-order valence-corrected chi connectivity index (χ3v) is 6.62. The fraction of sp³-hybridized carbons (Fsp3) is 0.350. The van der Waals surface area contributed by atoms with E-state index in [2.05, 4.69) is 4.40 Å². The van der Waals surface area contributed by atoms with Gasteiger partial charge in [0.05, 0.1) is 35.4 Å². The first-order valence-corrected chi connectivity index (χ1v) is 11.5. The molecule has 0 N–H and O–H groups in total. The molecule has 0 atom stereocenters. The fourth-order valence-electron chi connectivity index (χ4n) is 2.80. The zero-order valence-electron chi connectivity index (χ0n) is 16.6. The van der Waals surface area contributed by atoms with Crippen LogP contribution in [0.2, 0.25) is 0 Å². The number of methoxy groups -OCH3 is 1. The molecule has 0 aliphatic rings. The van der Waals surface area contributed by atoms with Gasteiger partial charge in [-0.15, -0.1) is 4.40 Å². The molecule has 0 spiro atoms. The van der Waals surface area contributed by atoms with Crippen molar-refractivity contribution in [2.75, 3.05) is 26.9 Å². The summed E-state index contributed by atoms with van der Waals surface area (Å²) in [4.78, 5) is 0.506. The van der Waals surface area contributed by atoms with E-state index in [1.54, 1.807) is 12.1 Å². The second-order valence-corrected chi connectivity index (χ2v) is 8.65. The van der Waals surface area contributed by atoms with Crippen LogP contribution < -0.4 is 14.3 Å². The van der Waals surface area contributed by atoms with Crippen LogP contribution in [0.1, 0.15) is 13.8 Å². The lowest BCUT2D eigenvalue weighted by molar-refractivity contribution is 0.139. The topological polar surface area (TPSA) is 79.1 Å². The molecule has 0 bridgehead atoms. The molecule has 0 saturated carbocycles. The van der Waals surface area contributed by atoms with Gasteiger partial charge in [0.2, 0.25) is 4.80 Å². The average Bonchev–Trinajstić information content (AvgIpc) is 3.04. The van der Waals surface area contributed by atoms with Crippen LogP contribution in [0.25, 0.3) is 10.2 Å². The van der Waals surface area contributed by atoms with E-state index in [0.717, 1.165) is 16.0 Å². The standard InChI is InChI=1S/C20H24N2O5S2/c1-4-26-13-12-22-18-11-8-16(27-5-2)14-19(18)28-20(22)21-29(23,24)17-9-6-15(25-3)7-10-17/h6-11,14H,4-5,12-13H2,1-3H3. The van der Waals surface area contributed by atoms with E-state index in [1.807, 2.05) is 36.6 Å². The Morgan fingerprint density at radius 1 is 1.03 bits per heavy atom. The van der Waals surface area contributed by atoms with Gasteiger partial charge < -0.3 is 18.8 Å². The molecule has 29 heavy (non-hydrogen) atoms. The van der Waals surface area contributed by atoms with Crippen LogP contribution in [0.3, 0.4) is 0 Å². The van der Waals surface area contributed by atoms with E-state index in [4.69, 9.17) is 14.2 Å². The van der Waals surface area contributed by atoms with Crippen molar-refractivity contribution in [2.24, 2.45) is 4.40 Å². The number of benzene rings is 2. The highest BCUT2D eigenvalue weighted by atomic mass is 32.2. The minimum absolute atomic E-state index is 0.113. The molecule has 2 aromatic carbocycles. The van der Waals surface area contributed by atoms with E-state index in [1.165, 1.54) is 30.6 Å². The summed E-state index contributed by atoms with van der Waals surface area (Å²) in [5, 5.41) is 0. The maximum Gasteiger partial charge on any atom is 0.285 e. The van der Waals surface area contributed by atoms with Crippen molar-refractivity contribution in [3.8, 4) is 11.5 Å². The zero-order chi connectivity index (χ0) is 20.9. The van der Waals surface area contributed by atoms with Gasteiger partial charge in [-0.05, 0) is 56.3 Å². The highest BCUT2D eigenvalue weighted by Gasteiger charge is 2.15. The lowest BCUT2D eigenvalue weighted by atomic mass is 10.3. The molecule has 1 heterocycles. The number of sulfonamides is 1. The molecule has 3 rings (SSSR count). The Kier molecular flexibility index (Phi) is 6.94. The average molecular weight is 437 g/mol. The summed E-state index contributed by atoms with van der Waals surface area (Å²) < 4.78 is 48.7. The molecule has 0 saturated heterocycles. The fourth-order valence-corrected chi connectivity index (χ4v) is 5.09. The molecule has 0 unspecified atom stereocenters. The number of fused-ring (bicyclic) bond motifs is 1. The Labute approximate surface area is 174 Å². The number of ether oxygens (including phenoxy) is 3. The quantitative estimate of drug-likeness (QED) is 0.480. The number of thiazole rings is 1. The van der Waals surface area contributed by atoms with Crippen LogP contribution in [0, 0.1) is 0 Å². The number of nitrogens with zero attached hydrogens (tertiary/aromatic N) is 2. The number of aromatic nitrogens is 1. The minimum Gasteiger partial charge on any atom is -0.497 e. The van der Waals surface area contributed by atoms with Gasteiger partial charge in [0, 0.05) is 13.2 Å². The van der Waals surface area contributed by atoms with Crippen LogP contribution in [0.15, 0.2) is 51.8 Å². The summed E-state index contributed by atoms with van der Waals surface area (Å²) in [6, 6.07) is 11.9. The normalized spacial score (nSPS) is 12.4. The van der Waals surface area contributed by atoms with Crippen LogP contribution in [0.5, 0.6) is 11.5 Å². The molecule has 3 aromatic rings. The van der Waals surface area contributed by atoms with Crippen LogP contribution >= 0.6 is 11.3 Å². The molecule has 0 amide bonds. The van der Waals surface area contributed by atoms with Gasteiger partial charge in [0.25, 0.3) is 10.0 Å². The third kappa shape index (κ3) is 4.98. The molecular weight excluding hydrogens is 412 g/mol. The second kappa shape index (κ2) is 9.43. The smallest absolute Gasteiger partial charge is 0.285 e. The first-order valence-electron chi connectivity index (χ1n) is 9.27. The van der Waals surface area contributed by atoms with Gasteiger partial charge in [-0.1, -0.05) is 11.3 Å². The van der Waals surface area contributed by atoms with Gasteiger partial charge in [0.15, 0.2) is 0 Å². The van der Waals surface area contributed by atoms with Crippen molar-refractivity contribution in [3.05, 3.63) is 47.3 Å². The summed E-state index contributed by atoms with van der Waals surface area (Å²) in [6.07, 6.45) is 0. The van der Waals surface area contributed by atoms with E-state index < -0.39 is 10.0 Å². The van der Waals surface area contributed by atoms with Crippen molar-refractivity contribution >= 4 is 31.6 Å². The summed E-state index contributed by atoms with van der Waals surface area (Å²) in [5.74, 6) is 1.32. The van der Waals surface area contributed by atoms with Crippen LogP contribution in [-0.2, 0) is 21.3 Å². The maximum atomic E-state index is 12.9. The molecule has 0 aliphatic carbocycles. The van der Waals surface area contributed by atoms with Gasteiger partial charge >= 0.3 is 0 Å². The highest BCUT2D eigenvalue weighted by Crippen LogP contribution is 2.24. The first kappa shape index (κ1) is 21.4. The highest BCUT2D eigenvalue weighted by molar-refractivity contribution is 7.90. The summed E-state index contributed by atoms with van der Waals surface area (Å²) >= 11 is 1.31. The monoisotopic (exact) mass is 436 g/mol. The molecule has 1 aromatic heterocycles. The van der Waals surface area contributed by atoms with Crippen molar-refractivity contribution in [3.63, 3.8) is 0 Å². The minimum atomic E-state index is -3.87. The van der Waals surface area contributed by atoms with Crippen molar-refractivity contribution in [2.45, 2.75) is 25.3 Å². The maximum absolute atomic E-state index is 12.9. The van der Waals surface area contributed by atoms with Crippen molar-refractivity contribution < 1.29 is 22.6 Å². The van der Waals surface area contributed by atoms with Gasteiger partial charge in [-0.25, -0.2) is 0 Å². The lowest BCUT2D eigenvalue weighted by Gasteiger charge is -2.07. The molecule has 156 valence electrons. The number of hydrogen-bond donors (Lipinski definition) is 0. The van der Waals surface area contributed by atoms with E-state index in [-0.39, 0.29) is 4.90 Å². The molecule has 0 radical (unpaired) electrons. The Morgan fingerprint density at radius 2 is 1.76 bits per heavy atom. The second-order valence-electron chi connectivity index (χ2n) is 6.04. The van der Waals surface area contributed by atoms with Crippen LogP contribution in [0.4, 0.5) is 0 Å². The Morgan fingerprint density at radius 3 is 2.41 bits per heavy atom. The lowest BCUT2D eigenvalue weighted by Crippen LogP contribution is -2.19. The van der Waals surface area contributed by atoms with Crippen molar-refractivity contribution in [1.29, 1.82) is 0 Å². The number of hydrogen-bond acceptors (Lipinski definition) is 6. The summed E-state index contributed by atoms with van der Waals surface area (Å²) in [5.41, 5.74) is 0.891. The van der Waals surface area contributed by atoms with Gasteiger partial charge in [-0.2, -0.15) is 8.42 Å². The van der Waals surface area contributed by atoms with Crippen molar-refractivity contribution in [1.82, 2.24) is 4.57 Å². The molecular formula is C20H24N2O5S2. The van der Waals surface area contributed by atoms with E-state index in [9.17, 15) is 8.42 Å². The largest absolute Gasteiger partial charge is 0.497 e. The number of rotatable bonds is 9. The Hall–Kier alpha value is -2.36. The molecule has 0 aliphatic heterocycles. The van der Waals surface area contributed by atoms with Gasteiger partial charge in [0.1, 0.15) is 11.5 Å².